The van der Waals surface area contributed by atoms with Crippen LogP contribution in [0.2, 0.25) is 0 Å². The van der Waals surface area contributed by atoms with Gasteiger partial charge in [0.15, 0.2) is 12.2 Å². The van der Waals surface area contributed by atoms with E-state index in [0.29, 0.717) is 25.7 Å². The third-order valence-electron chi connectivity index (χ3n) is 18.6. The topological polar surface area (TPSA) is 237 Å². The number of esters is 4. The lowest BCUT2D eigenvalue weighted by Crippen LogP contribution is -2.30. The van der Waals surface area contributed by atoms with Gasteiger partial charge in [-0.15, -0.1) is 0 Å². The van der Waals surface area contributed by atoms with Crippen molar-refractivity contribution in [2.24, 2.45) is 17.8 Å². The van der Waals surface area contributed by atoms with E-state index in [0.717, 1.165) is 133 Å². The lowest BCUT2D eigenvalue weighted by molar-refractivity contribution is -0.161. The minimum Gasteiger partial charge on any atom is -0.462 e. The van der Waals surface area contributed by atoms with Crippen molar-refractivity contribution < 1.29 is 80.2 Å². The maximum absolute atomic E-state index is 13.1. The van der Waals surface area contributed by atoms with E-state index in [-0.39, 0.29) is 25.7 Å². The molecule has 19 heteroatoms. The molecule has 0 radical (unpaired) electrons. The van der Waals surface area contributed by atoms with E-state index in [1.54, 1.807) is 0 Å². The van der Waals surface area contributed by atoms with Gasteiger partial charge in [-0.1, -0.05) is 323 Å². The molecule has 17 nitrogen and oxygen atoms in total. The maximum atomic E-state index is 13.1. The van der Waals surface area contributed by atoms with Gasteiger partial charge in [-0.25, -0.2) is 9.13 Å². The second-order valence-corrected chi connectivity index (χ2v) is 31.0. The molecule has 5 unspecified atom stereocenters. The highest BCUT2D eigenvalue weighted by molar-refractivity contribution is 7.47. The molecule has 0 heterocycles. The molecule has 0 saturated heterocycles. The Morgan fingerprint density at radius 1 is 0.330 bits per heavy atom. The molecule has 0 amide bonds. The van der Waals surface area contributed by atoms with E-state index < -0.39 is 97.5 Å². The van der Waals surface area contributed by atoms with Crippen LogP contribution < -0.4 is 0 Å². The van der Waals surface area contributed by atoms with E-state index in [4.69, 9.17) is 37.0 Å². The molecule has 0 aliphatic heterocycles. The number of aliphatic hydroxyl groups is 1. The number of carbonyl (C=O) groups is 4. The molecule has 0 saturated carbocycles. The maximum Gasteiger partial charge on any atom is 0.472 e. The summed E-state index contributed by atoms with van der Waals surface area (Å²) in [5.74, 6) is 0.228. The summed E-state index contributed by atoms with van der Waals surface area (Å²) in [4.78, 5) is 72.9. The highest BCUT2D eigenvalue weighted by Gasteiger charge is 2.30. The van der Waals surface area contributed by atoms with E-state index in [1.165, 1.54) is 161 Å². The third kappa shape index (κ3) is 67.8. The fourth-order valence-electron chi connectivity index (χ4n) is 11.3. The van der Waals surface area contributed by atoms with Gasteiger partial charge in [0.25, 0.3) is 0 Å². The first kappa shape index (κ1) is 94.5. The normalized spacial score (nSPS) is 15.0. The van der Waals surface area contributed by atoms with Crippen molar-refractivity contribution in [3.8, 4) is 0 Å². The monoisotopic (exact) mass is 1420 g/mol. The summed E-state index contributed by atoms with van der Waals surface area (Å²) in [6, 6.07) is 0. The molecule has 3 N–H and O–H groups in total. The standard InChI is InChI=1S/C78H148O17P2/c1-8-12-13-14-15-16-17-18-19-23-26-32-37-45-52-59-75(80)88-65-73(94-77(82)61-54-47-38-33-27-24-21-20-22-25-30-35-42-49-56-69(5)9-2)67-92-96(84,85)90-63-72(79)64-91-97(86,87)93-68-74(66-89-76(81)60-53-46-41-40-44-51-58-71(7)11-4)95-78(83)62-55-48-39-34-29-28-31-36-43-50-57-70(6)10-3/h16-19,69-74,79H,8-15,20-68H2,1-7H3,(H,84,85)(H,86,87)/b17-16-,19-18-/t69?,70?,71?,72-,73-,74-/m1/s1. The summed E-state index contributed by atoms with van der Waals surface area (Å²) in [5.41, 5.74) is 0. The predicted octanol–water partition coefficient (Wildman–Crippen LogP) is 22.5. The van der Waals surface area contributed by atoms with Gasteiger partial charge >= 0.3 is 39.5 Å². The van der Waals surface area contributed by atoms with Crippen LogP contribution in [0.25, 0.3) is 0 Å². The Balaban J connectivity index is 5.30. The number of phosphoric acid groups is 2. The van der Waals surface area contributed by atoms with Gasteiger partial charge in [0.1, 0.15) is 19.3 Å². The van der Waals surface area contributed by atoms with Gasteiger partial charge in [0.05, 0.1) is 26.4 Å². The van der Waals surface area contributed by atoms with Crippen LogP contribution in [0.4, 0.5) is 0 Å². The summed E-state index contributed by atoms with van der Waals surface area (Å²) in [7, 11) is -9.93. The number of rotatable bonds is 74. The van der Waals surface area contributed by atoms with Crippen LogP contribution in [-0.4, -0.2) is 96.7 Å². The highest BCUT2D eigenvalue weighted by Crippen LogP contribution is 2.45. The van der Waals surface area contributed by atoms with Crippen LogP contribution in [0.1, 0.15) is 376 Å². The van der Waals surface area contributed by atoms with Gasteiger partial charge in [-0.05, 0) is 69.1 Å². The first-order valence-electron chi connectivity index (χ1n) is 39.8. The Kier molecular flexibility index (Phi) is 66.3. The van der Waals surface area contributed by atoms with Gasteiger partial charge in [-0.3, -0.25) is 37.3 Å². The molecule has 0 aromatic carbocycles. The molecular weight excluding hydrogens is 1270 g/mol. The van der Waals surface area contributed by atoms with Crippen LogP contribution in [0, 0.1) is 17.8 Å². The summed E-state index contributed by atoms with van der Waals surface area (Å²) in [5, 5.41) is 10.6. The Morgan fingerprint density at radius 3 is 0.866 bits per heavy atom. The fourth-order valence-corrected chi connectivity index (χ4v) is 12.9. The highest BCUT2D eigenvalue weighted by atomic mass is 31.2. The molecule has 0 aromatic rings. The molecule has 0 spiro atoms. The van der Waals surface area contributed by atoms with Crippen LogP contribution in [-0.2, 0) is 65.4 Å². The Labute approximate surface area is 592 Å². The van der Waals surface area contributed by atoms with Crippen molar-refractivity contribution in [3.63, 3.8) is 0 Å². The molecule has 0 bridgehead atoms. The van der Waals surface area contributed by atoms with E-state index >= 15 is 0 Å². The number of aliphatic hydroxyl groups excluding tert-OH is 1. The smallest absolute Gasteiger partial charge is 0.462 e. The third-order valence-corrected chi connectivity index (χ3v) is 20.5. The Morgan fingerprint density at radius 2 is 0.577 bits per heavy atom. The largest absolute Gasteiger partial charge is 0.472 e. The molecule has 0 aliphatic rings. The fraction of sp³-hybridized carbons (Fsp3) is 0.897. The number of ether oxygens (including phenoxy) is 4. The van der Waals surface area contributed by atoms with Gasteiger partial charge in [-0.2, -0.15) is 0 Å². The molecule has 97 heavy (non-hydrogen) atoms. The molecular formula is C78H148O17P2. The van der Waals surface area contributed by atoms with Crippen LogP contribution >= 0.6 is 15.6 Å². The summed E-state index contributed by atoms with van der Waals surface area (Å²) in [6.45, 7) is 11.9. The molecule has 0 aromatic heterocycles. The van der Waals surface area contributed by atoms with Gasteiger partial charge in [0, 0.05) is 25.7 Å². The molecule has 8 atom stereocenters. The minimum atomic E-state index is -4.97. The average Bonchev–Trinajstić information content (AvgIpc) is 1.24. The average molecular weight is 1420 g/mol. The number of allylic oxidation sites excluding steroid dienone is 4. The number of hydrogen-bond donors (Lipinski definition) is 3. The lowest BCUT2D eigenvalue weighted by atomic mass is 9.99. The number of hydrogen-bond acceptors (Lipinski definition) is 15. The molecule has 572 valence electrons. The first-order chi connectivity index (χ1) is 46.8. The van der Waals surface area contributed by atoms with Crippen molar-refractivity contribution in [2.75, 3.05) is 39.6 Å². The zero-order valence-corrected chi connectivity index (χ0v) is 64.8. The number of phosphoric ester groups is 2. The number of carbonyl (C=O) groups excluding carboxylic acids is 4. The Hall–Kier alpha value is -2.46. The zero-order valence-electron chi connectivity index (χ0n) is 63.0. The van der Waals surface area contributed by atoms with Crippen molar-refractivity contribution >= 4 is 39.5 Å². The second kappa shape index (κ2) is 68.0. The zero-order chi connectivity index (χ0) is 71.6. The second-order valence-electron chi connectivity index (χ2n) is 28.1. The van der Waals surface area contributed by atoms with E-state index in [1.807, 2.05) is 0 Å². The SMILES string of the molecule is CCCCCC/C=C\C=C/CCCCCCCC(=O)OC[C@H](COP(=O)(O)OC[C@@H](O)COP(=O)(O)OC[C@@H](COC(=O)CCCCCCCCC(C)CC)OC(=O)CCCCCCCCCCCCC(C)CC)OC(=O)CCCCCCCCCCCCCCCCC(C)CC. The quantitative estimate of drug-likeness (QED) is 0.0169. The summed E-state index contributed by atoms with van der Waals surface area (Å²) >= 11 is 0. The van der Waals surface area contributed by atoms with Crippen molar-refractivity contribution in [1.29, 1.82) is 0 Å². The van der Waals surface area contributed by atoms with Crippen molar-refractivity contribution in [2.45, 2.75) is 394 Å². The molecule has 0 rings (SSSR count). The summed E-state index contributed by atoms with van der Waals surface area (Å²) in [6.07, 6.45) is 57.5. The number of unbranched alkanes of at least 4 members (excludes halogenated alkanes) is 36. The predicted molar refractivity (Wildman–Crippen MR) is 395 cm³/mol. The van der Waals surface area contributed by atoms with Crippen LogP contribution in [0.15, 0.2) is 24.3 Å². The Bertz CT molecular complexity index is 1990. The molecule has 0 fully saturated rings. The van der Waals surface area contributed by atoms with Crippen LogP contribution in [0.3, 0.4) is 0 Å². The first-order valence-corrected chi connectivity index (χ1v) is 42.8. The lowest BCUT2D eigenvalue weighted by Gasteiger charge is -2.21. The van der Waals surface area contributed by atoms with Crippen LogP contribution in [0.5, 0.6) is 0 Å². The van der Waals surface area contributed by atoms with Gasteiger partial charge < -0.3 is 33.8 Å². The van der Waals surface area contributed by atoms with E-state index in [2.05, 4.69) is 72.8 Å². The van der Waals surface area contributed by atoms with Crippen molar-refractivity contribution in [3.05, 3.63) is 24.3 Å². The molecule has 0 aliphatic carbocycles. The minimum absolute atomic E-state index is 0.100. The summed E-state index contributed by atoms with van der Waals surface area (Å²) < 4.78 is 68.6. The van der Waals surface area contributed by atoms with E-state index in [9.17, 15) is 43.2 Å². The van der Waals surface area contributed by atoms with Gasteiger partial charge in [0.2, 0.25) is 0 Å². The van der Waals surface area contributed by atoms with Crippen molar-refractivity contribution in [1.82, 2.24) is 0 Å².